The van der Waals surface area contributed by atoms with Crippen LogP contribution >= 0.6 is 27.3 Å². The van der Waals surface area contributed by atoms with Gasteiger partial charge in [-0.15, -0.1) is 10.2 Å². The lowest BCUT2D eigenvalue weighted by Gasteiger charge is -1.96. The molecule has 0 bridgehead atoms. The maximum Gasteiger partial charge on any atom is 0.213 e. The summed E-state index contributed by atoms with van der Waals surface area (Å²) >= 11 is 4.67. The second-order valence-corrected chi connectivity index (χ2v) is 4.64. The normalized spacial score (nSPS) is 10.4. The highest BCUT2D eigenvalue weighted by Crippen LogP contribution is 2.19. The molecule has 2 rings (SSSR count). The van der Waals surface area contributed by atoms with Crippen LogP contribution in [0.3, 0.4) is 0 Å². The Kier molecular flexibility index (Phi) is 3.04. The molecule has 2 aromatic heterocycles. The van der Waals surface area contributed by atoms with Crippen molar-refractivity contribution < 1.29 is 4.52 Å². The van der Waals surface area contributed by atoms with Gasteiger partial charge in [0.25, 0.3) is 0 Å². The fraction of sp³-hybridized carbons (Fsp3) is 0.333. The Morgan fingerprint density at radius 2 is 2.43 bits per heavy atom. The lowest BCUT2D eigenvalue weighted by atomic mass is 10.4. The van der Waals surface area contributed by atoms with Crippen molar-refractivity contribution >= 4 is 32.4 Å². The number of anilines is 1. The Morgan fingerprint density at radius 1 is 1.50 bits per heavy atom. The molecule has 0 atom stereocenters. The molecule has 6 nitrogen and oxygen atoms in total. The van der Waals surface area contributed by atoms with E-state index in [1.807, 2.05) is 0 Å². The molecule has 0 aliphatic rings. The molecule has 0 amide bonds. The first-order chi connectivity index (χ1) is 6.84. The molecule has 0 spiro atoms. The number of aromatic nitrogens is 4. The second-order valence-electron chi connectivity index (χ2n) is 2.38. The molecule has 74 valence electrons. The van der Waals surface area contributed by atoms with Crippen LogP contribution < -0.4 is 5.32 Å². The van der Waals surface area contributed by atoms with E-state index in [1.54, 1.807) is 0 Å². The van der Waals surface area contributed by atoms with E-state index in [4.69, 9.17) is 0 Å². The van der Waals surface area contributed by atoms with Crippen LogP contribution in [0.4, 0.5) is 5.13 Å². The number of nitrogens with one attached hydrogen (secondary N) is 1. The van der Waals surface area contributed by atoms with Crippen LogP contribution in [0, 0.1) is 0 Å². The molecule has 8 heteroatoms. The zero-order valence-corrected chi connectivity index (χ0v) is 9.38. The summed E-state index contributed by atoms with van der Waals surface area (Å²) in [5.41, 5.74) is 0. The zero-order chi connectivity index (χ0) is 9.80. The van der Waals surface area contributed by atoms with Crippen LogP contribution in [-0.4, -0.2) is 26.9 Å². The van der Waals surface area contributed by atoms with Crippen molar-refractivity contribution in [1.82, 2.24) is 20.3 Å². The van der Waals surface area contributed by atoms with Crippen molar-refractivity contribution in [3.8, 4) is 0 Å². The summed E-state index contributed by atoms with van der Waals surface area (Å²) < 4.78 is 5.36. The fourth-order valence-electron chi connectivity index (χ4n) is 0.861. The van der Waals surface area contributed by atoms with Crippen LogP contribution in [0.15, 0.2) is 14.8 Å². The molecule has 1 N–H and O–H groups in total. The third kappa shape index (κ3) is 2.48. The van der Waals surface area contributed by atoms with Crippen molar-refractivity contribution in [2.45, 2.75) is 6.42 Å². The topological polar surface area (TPSA) is 76.7 Å². The predicted octanol–water partition coefficient (Wildman–Crippen LogP) is 1.34. The van der Waals surface area contributed by atoms with Crippen molar-refractivity contribution in [2.24, 2.45) is 0 Å². The Bertz CT molecular complexity index is 389. The van der Waals surface area contributed by atoms with Crippen LogP contribution in [0.5, 0.6) is 0 Å². The van der Waals surface area contributed by atoms with Gasteiger partial charge in [-0.25, -0.2) is 0 Å². The molecule has 2 heterocycles. The summed E-state index contributed by atoms with van der Waals surface area (Å²) in [4.78, 5) is 3.89. The summed E-state index contributed by atoms with van der Waals surface area (Å²) in [6.45, 7) is 0.709. The SMILES string of the molecule is Brc1nnc(NCCc2ncon2)s1. The number of hydrogen-bond donors (Lipinski definition) is 1. The Balaban J connectivity index is 1.78. The number of halogens is 1. The molecule has 0 aliphatic carbocycles. The average molecular weight is 276 g/mol. The summed E-state index contributed by atoms with van der Waals surface area (Å²) in [5, 5.41) is 15.2. The lowest BCUT2D eigenvalue weighted by Crippen LogP contribution is -2.05. The van der Waals surface area contributed by atoms with Crippen molar-refractivity contribution in [2.75, 3.05) is 11.9 Å². The van der Waals surface area contributed by atoms with Crippen LogP contribution in [0.1, 0.15) is 5.82 Å². The van der Waals surface area contributed by atoms with E-state index < -0.39 is 0 Å². The van der Waals surface area contributed by atoms with Gasteiger partial charge in [-0.3, -0.25) is 0 Å². The van der Waals surface area contributed by atoms with Crippen molar-refractivity contribution in [1.29, 1.82) is 0 Å². The smallest absolute Gasteiger partial charge is 0.213 e. The second kappa shape index (κ2) is 4.47. The van der Waals surface area contributed by atoms with Gasteiger partial charge in [0.05, 0.1) is 0 Å². The van der Waals surface area contributed by atoms with Gasteiger partial charge in [-0.2, -0.15) is 4.98 Å². The molecule has 0 aliphatic heterocycles. The molecule has 14 heavy (non-hydrogen) atoms. The van der Waals surface area contributed by atoms with Gasteiger partial charge >= 0.3 is 0 Å². The quantitative estimate of drug-likeness (QED) is 0.908. The summed E-state index contributed by atoms with van der Waals surface area (Å²) in [6, 6.07) is 0. The minimum atomic E-state index is 0.682. The predicted molar refractivity (Wildman–Crippen MR) is 54.1 cm³/mol. The highest BCUT2D eigenvalue weighted by atomic mass is 79.9. The molecule has 0 aromatic carbocycles. The van der Waals surface area contributed by atoms with Gasteiger partial charge in [-0.1, -0.05) is 16.5 Å². The van der Waals surface area contributed by atoms with Gasteiger partial charge < -0.3 is 9.84 Å². The van der Waals surface area contributed by atoms with E-state index in [1.165, 1.54) is 17.7 Å². The fourth-order valence-corrected chi connectivity index (χ4v) is 1.90. The molecule has 0 saturated carbocycles. The zero-order valence-electron chi connectivity index (χ0n) is 6.97. The average Bonchev–Trinajstić information content (AvgIpc) is 2.77. The van der Waals surface area contributed by atoms with E-state index in [2.05, 4.69) is 46.1 Å². The first-order valence-corrected chi connectivity index (χ1v) is 5.43. The summed E-state index contributed by atoms with van der Waals surface area (Å²) in [6.07, 6.45) is 2.02. The van der Waals surface area contributed by atoms with E-state index >= 15 is 0 Å². The third-order valence-corrected chi connectivity index (χ3v) is 2.75. The molecular formula is C6H6BrN5OS. The largest absolute Gasteiger partial charge is 0.360 e. The maximum atomic E-state index is 4.60. The Hall–Kier alpha value is -1.02. The number of rotatable bonds is 4. The lowest BCUT2D eigenvalue weighted by molar-refractivity contribution is 0.410. The van der Waals surface area contributed by atoms with E-state index in [-0.39, 0.29) is 0 Å². The van der Waals surface area contributed by atoms with Crippen LogP contribution in [0.25, 0.3) is 0 Å². The van der Waals surface area contributed by atoms with Gasteiger partial charge in [0, 0.05) is 13.0 Å². The first-order valence-electron chi connectivity index (χ1n) is 3.83. The van der Waals surface area contributed by atoms with Crippen LogP contribution in [-0.2, 0) is 6.42 Å². The molecule has 0 unspecified atom stereocenters. The van der Waals surface area contributed by atoms with Crippen molar-refractivity contribution in [3.63, 3.8) is 0 Å². The highest BCUT2D eigenvalue weighted by Gasteiger charge is 2.01. The number of nitrogens with zero attached hydrogens (tertiary/aromatic N) is 4. The molecule has 0 saturated heterocycles. The monoisotopic (exact) mass is 275 g/mol. The molecule has 0 radical (unpaired) electrons. The minimum absolute atomic E-state index is 0.682. The highest BCUT2D eigenvalue weighted by molar-refractivity contribution is 9.11. The molecular weight excluding hydrogens is 270 g/mol. The third-order valence-electron chi connectivity index (χ3n) is 1.43. The first kappa shape index (κ1) is 9.53. The summed E-state index contributed by atoms with van der Waals surface area (Å²) in [5.74, 6) is 0.682. The van der Waals surface area contributed by atoms with Crippen LogP contribution in [0.2, 0.25) is 0 Å². The Labute approximate surface area is 91.9 Å². The van der Waals surface area contributed by atoms with Gasteiger partial charge in [-0.05, 0) is 15.9 Å². The molecule has 2 aromatic rings. The standard InChI is InChI=1S/C6H6BrN5OS/c7-5-10-11-6(14-5)8-2-1-4-9-3-13-12-4/h3H,1-2H2,(H,8,11). The van der Waals surface area contributed by atoms with E-state index in [9.17, 15) is 0 Å². The van der Waals surface area contributed by atoms with E-state index in [0.717, 1.165) is 9.05 Å². The van der Waals surface area contributed by atoms with E-state index in [0.29, 0.717) is 18.8 Å². The Morgan fingerprint density at radius 3 is 3.07 bits per heavy atom. The minimum Gasteiger partial charge on any atom is -0.360 e. The maximum absolute atomic E-state index is 4.60. The number of hydrogen-bond acceptors (Lipinski definition) is 7. The molecule has 0 fully saturated rings. The van der Waals surface area contributed by atoms with Gasteiger partial charge in [0.2, 0.25) is 11.5 Å². The summed E-state index contributed by atoms with van der Waals surface area (Å²) in [7, 11) is 0. The van der Waals surface area contributed by atoms with Gasteiger partial charge in [0.15, 0.2) is 9.74 Å². The van der Waals surface area contributed by atoms with Crippen molar-refractivity contribution in [3.05, 3.63) is 16.1 Å². The van der Waals surface area contributed by atoms with Gasteiger partial charge in [0.1, 0.15) is 0 Å².